The number of benzene rings is 4. The Labute approximate surface area is 296 Å². The van der Waals surface area contributed by atoms with E-state index < -0.39 is 106 Å². The summed E-state index contributed by atoms with van der Waals surface area (Å²) >= 11 is 0. The number of aromatic hydroxyl groups is 1. The molecule has 0 radical (unpaired) electrons. The summed E-state index contributed by atoms with van der Waals surface area (Å²) in [6.07, 6.45) is 1.75. The topological polar surface area (TPSA) is 47.9 Å². The van der Waals surface area contributed by atoms with Crippen molar-refractivity contribution >= 4 is 13.0 Å². The van der Waals surface area contributed by atoms with Crippen LogP contribution in [-0.4, -0.2) is 32.1 Å². The molecule has 0 spiro atoms. The average Bonchev–Trinajstić information content (AvgIpc) is 3.14. The zero-order valence-corrected chi connectivity index (χ0v) is 27.8. The molecule has 0 saturated heterocycles. The summed E-state index contributed by atoms with van der Waals surface area (Å²) in [5, 5.41) is 10.3. The molecule has 5 nitrogen and oxygen atoms in total. The van der Waals surface area contributed by atoms with Gasteiger partial charge in [-0.2, -0.15) is 17.6 Å². The van der Waals surface area contributed by atoms with E-state index in [9.17, 15) is 71.0 Å². The summed E-state index contributed by atoms with van der Waals surface area (Å²) in [5.41, 5.74) is 0.178. The van der Waals surface area contributed by atoms with E-state index in [-0.39, 0.29) is 21.7 Å². The first-order valence-electron chi connectivity index (χ1n) is 15.4. The van der Waals surface area contributed by atoms with Crippen LogP contribution in [0.15, 0.2) is 18.2 Å². The fourth-order valence-electron chi connectivity index (χ4n) is 5.20. The second-order valence-corrected chi connectivity index (χ2v) is 11.1. The van der Waals surface area contributed by atoms with Crippen molar-refractivity contribution in [3.05, 3.63) is 112 Å². The minimum Gasteiger partial charge on any atom is -0.508 e. The molecule has 0 unspecified atom stereocenters. The van der Waals surface area contributed by atoms with Crippen molar-refractivity contribution < 1.29 is 84.9 Å². The van der Waals surface area contributed by atoms with Gasteiger partial charge in [0.25, 0.3) is 0 Å². The zero-order chi connectivity index (χ0) is 40.8. The third-order valence-corrected chi connectivity index (χ3v) is 7.39. The van der Waals surface area contributed by atoms with Crippen molar-refractivity contribution in [2.75, 3.05) is 19.6 Å². The maximum absolute atomic E-state index is 14.5. The minimum atomic E-state index is -2.92. The molecule has 0 saturated carbocycles. The molecule has 4 aromatic carbocycles. The number of hydrogen-bond donors (Lipinski definition) is 1. The summed E-state index contributed by atoms with van der Waals surface area (Å²) in [6, 6.07) is 4.40. The lowest BCUT2D eigenvalue weighted by atomic mass is 10.1. The summed E-state index contributed by atoms with van der Waals surface area (Å²) in [4.78, 5) is 0. The SMILES string of the molecule is CCC[N+](CCC)(CCC)c1cc(O)ccc1OB(Oc1c(F)c(F)c(F)c(F)c1F)Oc1c(F)c(F)c(F)c(F)c1F.Fc1[c-]c(F)c(F)c(F)c1F. The molecule has 0 heterocycles. The molecule has 4 aromatic rings. The van der Waals surface area contributed by atoms with E-state index in [1.807, 2.05) is 20.8 Å². The highest BCUT2D eigenvalue weighted by atomic mass is 19.2. The average molecular weight is 795 g/mol. The van der Waals surface area contributed by atoms with Gasteiger partial charge in [0.1, 0.15) is 5.75 Å². The highest BCUT2D eigenvalue weighted by molar-refractivity contribution is 6.39. The molecule has 0 atom stereocenters. The van der Waals surface area contributed by atoms with Crippen LogP contribution in [-0.2, 0) is 0 Å². The number of nitrogens with zero attached hydrogens (tertiary/aromatic N) is 1. The highest BCUT2D eigenvalue weighted by Crippen LogP contribution is 2.40. The molecular formula is C33H25BF15NO4. The van der Waals surface area contributed by atoms with E-state index in [4.69, 9.17) is 14.0 Å². The lowest BCUT2D eigenvalue weighted by Crippen LogP contribution is -2.51. The van der Waals surface area contributed by atoms with Crippen LogP contribution in [0.3, 0.4) is 0 Å². The van der Waals surface area contributed by atoms with Crippen LogP contribution in [0.1, 0.15) is 40.0 Å². The molecule has 1 N–H and O–H groups in total. The maximum Gasteiger partial charge on any atom is 0.864 e. The lowest BCUT2D eigenvalue weighted by Gasteiger charge is -2.39. The van der Waals surface area contributed by atoms with Crippen molar-refractivity contribution in [2.24, 2.45) is 0 Å². The third kappa shape index (κ3) is 8.87. The first kappa shape index (κ1) is 43.5. The van der Waals surface area contributed by atoms with Crippen LogP contribution < -0.4 is 18.4 Å². The van der Waals surface area contributed by atoms with Gasteiger partial charge in [0, 0.05) is 6.07 Å². The van der Waals surface area contributed by atoms with Crippen LogP contribution in [0.4, 0.5) is 71.5 Å². The number of phenolic OH excluding ortho intramolecular Hbond substituents is 1. The Bertz CT molecular complexity index is 1830. The van der Waals surface area contributed by atoms with Crippen molar-refractivity contribution in [2.45, 2.75) is 40.0 Å². The predicted molar refractivity (Wildman–Crippen MR) is 161 cm³/mol. The summed E-state index contributed by atoms with van der Waals surface area (Å²) in [6.45, 7) is 6.85. The van der Waals surface area contributed by atoms with Crippen LogP contribution in [0.5, 0.6) is 23.0 Å². The molecule has 0 aliphatic heterocycles. The number of phenols is 1. The minimum absolute atomic E-state index is 0.102. The van der Waals surface area contributed by atoms with E-state index in [1.54, 1.807) is 0 Å². The fraction of sp³-hybridized carbons (Fsp3) is 0.273. The van der Waals surface area contributed by atoms with E-state index in [0.29, 0.717) is 38.9 Å². The molecule has 54 heavy (non-hydrogen) atoms. The van der Waals surface area contributed by atoms with Gasteiger partial charge in [-0.3, -0.25) is 13.3 Å². The van der Waals surface area contributed by atoms with Gasteiger partial charge in [-0.05, 0) is 31.4 Å². The Morgan fingerprint density at radius 3 is 1.19 bits per heavy atom. The Balaban J connectivity index is 0.000000609. The summed E-state index contributed by atoms with van der Waals surface area (Å²) in [7, 11) is -2.92. The van der Waals surface area contributed by atoms with Gasteiger partial charge < -0.3 is 19.1 Å². The summed E-state index contributed by atoms with van der Waals surface area (Å²) < 4.78 is 216. The maximum atomic E-state index is 14.5. The fourth-order valence-corrected chi connectivity index (χ4v) is 5.20. The second-order valence-electron chi connectivity index (χ2n) is 11.1. The number of rotatable bonds is 13. The van der Waals surface area contributed by atoms with Gasteiger partial charge in [0.05, 0.1) is 48.7 Å². The highest BCUT2D eigenvalue weighted by Gasteiger charge is 2.42. The second kappa shape index (κ2) is 17.9. The molecule has 294 valence electrons. The van der Waals surface area contributed by atoms with Crippen LogP contribution >= 0.6 is 0 Å². The Morgan fingerprint density at radius 2 is 0.833 bits per heavy atom. The number of halogens is 15. The lowest BCUT2D eigenvalue weighted by molar-refractivity contribution is 0.245. The van der Waals surface area contributed by atoms with E-state index in [0.717, 1.165) is 18.2 Å². The van der Waals surface area contributed by atoms with Crippen molar-refractivity contribution in [3.8, 4) is 23.0 Å². The Kier molecular flexibility index (Phi) is 14.4. The largest absolute Gasteiger partial charge is 0.864 e. The van der Waals surface area contributed by atoms with Crippen LogP contribution in [0.2, 0.25) is 0 Å². The van der Waals surface area contributed by atoms with Gasteiger partial charge >= 0.3 is 7.32 Å². The molecule has 0 aromatic heterocycles. The molecular weight excluding hydrogens is 770 g/mol. The monoisotopic (exact) mass is 795 g/mol. The van der Waals surface area contributed by atoms with Crippen molar-refractivity contribution in [1.82, 2.24) is 4.48 Å². The molecule has 0 amide bonds. The van der Waals surface area contributed by atoms with E-state index in [1.165, 1.54) is 6.07 Å². The molecule has 0 aliphatic rings. The summed E-state index contributed by atoms with van der Waals surface area (Å²) in [5.74, 6) is -40.0. The van der Waals surface area contributed by atoms with Crippen LogP contribution in [0.25, 0.3) is 0 Å². The van der Waals surface area contributed by atoms with Crippen molar-refractivity contribution in [1.29, 1.82) is 0 Å². The van der Waals surface area contributed by atoms with Gasteiger partial charge in [-0.15, -0.1) is 6.07 Å². The van der Waals surface area contributed by atoms with Gasteiger partial charge in [-0.1, -0.05) is 20.8 Å². The Morgan fingerprint density at radius 1 is 0.500 bits per heavy atom. The number of quaternary nitrogens is 1. The number of hydrogen-bond acceptors (Lipinski definition) is 4. The molecule has 0 fully saturated rings. The first-order chi connectivity index (χ1) is 25.3. The van der Waals surface area contributed by atoms with E-state index in [2.05, 4.69) is 0 Å². The predicted octanol–water partition coefficient (Wildman–Crippen LogP) is 10.0. The smallest absolute Gasteiger partial charge is 0.508 e. The first-order valence-corrected chi connectivity index (χ1v) is 15.4. The van der Waals surface area contributed by atoms with Gasteiger partial charge in [-0.25, -0.2) is 39.5 Å². The molecule has 0 aliphatic carbocycles. The third-order valence-electron chi connectivity index (χ3n) is 7.39. The van der Waals surface area contributed by atoms with Gasteiger partial charge in [0.2, 0.25) is 58.2 Å². The Hall–Kier alpha value is -4.95. The van der Waals surface area contributed by atoms with E-state index >= 15 is 0 Å². The molecule has 21 heteroatoms. The van der Waals surface area contributed by atoms with Gasteiger partial charge in [0.15, 0.2) is 22.9 Å². The normalized spacial score (nSPS) is 11.3. The zero-order valence-electron chi connectivity index (χ0n) is 27.8. The molecule has 4 rings (SSSR count). The standard InChI is InChI=1S/C27H24BF10NO4.C6F5/c1-4-9-39(10-5-2,11-6-3)14-12-13(40)7-8-15(14)41-28(42-26-22(35)18(31)16(29)19(32)23(26)36)43-27-24(37)20(33)17(30)21(34)25(27)38;7-2-1-3(8)5(10)6(11)4(2)9/h7-8,12H,4-6,9-11H2,1-3H3;/q;-1/p+1. The van der Waals surface area contributed by atoms with Crippen molar-refractivity contribution in [3.63, 3.8) is 0 Å². The van der Waals surface area contributed by atoms with Crippen LogP contribution in [0, 0.1) is 93.3 Å². The quantitative estimate of drug-likeness (QED) is 0.0366. The molecule has 0 bridgehead atoms.